The van der Waals surface area contributed by atoms with Crippen LogP contribution in [0.25, 0.3) is 0 Å². The Morgan fingerprint density at radius 2 is 1.55 bits per heavy atom. The lowest BCUT2D eigenvalue weighted by molar-refractivity contribution is 0.202. The average molecular weight is 269 g/mol. The molecule has 2 nitrogen and oxygen atoms in total. The molecule has 2 aromatic rings. The summed E-state index contributed by atoms with van der Waals surface area (Å²) in [4.78, 5) is 0. The summed E-state index contributed by atoms with van der Waals surface area (Å²) in [5.41, 5.74) is 10.1. The number of benzene rings is 2. The van der Waals surface area contributed by atoms with Crippen LogP contribution in [0.4, 0.5) is 0 Å². The molecular weight excluding hydrogens is 246 g/mol. The van der Waals surface area contributed by atoms with Gasteiger partial charge in [-0.05, 0) is 36.0 Å². The van der Waals surface area contributed by atoms with Gasteiger partial charge in [-0.15, -0.1) is 0 Å². The van der Waals surface area contributed by atoms with Gasteiger partial charge >= 0.3 is 0 Å². The molecular formula is C18H23NO. The van der Waals surface area contributed by atoms with Crippen LogP contribution in [0.2, 0.25) is 0 Å². The zero-order chi connectivity index (χ0) is 14.2. The fourth-order valence-electron chi connectivity index (χ4n) is 2.28. The third-order valence-electron chi connectivity index (χ3n) is 3.59. The molecule has 2 heteroatoms. The van der Waals surface area contributed by atoms with Gasteiger partial charge in [-0.2, -0.15) is 0 Å². The van der Waals surface area contributed by atoms with Gasteiger partial charge in [0, 0.05) is 13.2 Å². The maximum Gasteiger partial charge on any atom is 0.0502 e. The molecule has 0 amide bonds. The van der Waals surface area contributed by atoms with Crippen molar-refractivity contribution < 1.29 is 4.74 Å². The SMILES string of the molecule is COCCc1ccc(C(N)CCc2ccccc2)cc1. The van der Waals surface area contributed by atoms with Crippen LogP contribution in [-0.4, -0.2) is 13.7 Å². The Balaban J connectivity index is 1.87. The maximum atomic E-state index is 6.27. The molecule has 0 radical (unpaired) electrons. The predicted octanol–water partition coefficient (Wildman–Crippen LogP) is 3.51. The molecule has 0 spiro atoms. The largest absolute Gasteiger partial charge is 0.384 e. The summed E-state index contributed by atoms with van der Waals surface area (Å²) in [6.45, 7) is 0.763. The number of aryl methyl sites for hydroxylation is 1. The molecule has 0 saturated heterocycles. The first kappa shape index (κ1) is 14.8. The predicted molar refractivity (Wildman–Crippen MR) is 83.7 cm³/mol. The standard InChI is InChI=1S/C18H23NO/c1-20-14-13-16-7-10-17(11-8-16)18(19)12-9-15-5-3-2-4-6-15/h2-8,10-11,18H,9,12-14,19H2,1H3. The summed E-state index contributed by atoms with van der Waals surface area (Å²) in [7, 11) is 1.73. The van der Waals surface area contributed by atoms with Crippen molar-refractivity contribution in [3.63, 3.8) is 0 Å². The third-order valence-corrected chi connectivity index (χ3v) is 3.59. The summed E-state index contributed by atoms with van der Waals surface area (Å²) in [6, 6.07) is 19.2. The molecule has 20 heavy (non-hydrogen) atoms. The molecule has 2 rings (SSSR count). The molecule has 1 atom stereocenters. The van der Waals surface area contributed by atoms with E-state index in [0.717, 1.165) is 25.9 Å². The van der Waals surface area contributed by atoms with Gasteiger partial charge in [-0.25, -0.2) is 0 Å². The van der Waals surface area contributed by atoms with Crippen molar-refractivity contribution in [1.29, 1.82) is 0 Å². The minimum absolute atomic E-state index is 0.103. The van der Waals surface area contributed by atoms with Crippen LogP contribution in [0.3, 0.4) is 0 Å². The van der Waals surface area contributed by atoms with E-state index in [4.69, 9.17) is 10.5 Å². The van der Waals surface area contributed by atoms with E-state index in [2.05, 4.69) is 48.5 Å². The fraction of sp³-hybridized carbons (Fsp3) is 0.333. The molecule has 0 aliphatic carbocycles. The lowest BCUT2D eigenvalue weighted by atomic mass is 9.98. The number of hydrogen-bond acceptors (Lipinski definition) is 2. The summed E-state index contributed by atoms with van der Waals surface area (Å²) >= 11 is 0. The van der Waals surface area contributed by atoms with Crippen LogP contribution >= 0.6 is 0 Å². The molecule has 0 bridgehead atoms. The smallest absolute Gasteiger partial charge is 0.0502 e. The highest BCUT2D eigenvalue weighted by Crippen LogP contribution is 2.17. The zero-order valence-corrected chi connectivity index (χ0v) is 12.1. The van der Waals surface area contributed by atoms with Crippen molar-refractivity contribution in [2.24, 2.45) is 5.73 Å². The van der Waals surface area contributed by atoms with Crippen LogP contribution < -0.4 is 5.73 Å². The summed E-state index contributed by atoms with van der Waals surface area (Å²) in [5.74, 6) is 0. The number of methoxy groups -OCH3 is 1. The Kier molecular flexibility index (Phi) is 5.78. The van der Waals surface area contributed by atoms with Crippen LogP contribution in [0.1, 0.15) is 29.2 Å². The molecule has 0 heterocycles. The molecule has 0 aliphatic heterocycles. The van der Waals surface area contributed by atoms with Crippen molar-refractivity contribution in [2.75, 3.05) is 13.7 Å². The quantitative estimate of drug-likeness (QED) is 0.835. The highest BCUT2D eigenvalue weighted by molar-refractivity contribution is 5.25. The maximum absolute atomic E-state index is 6.27. The fourth-order valence-corrected chi connectivity index (χ4v) is 2.28. The Morgan fingerprint density at radius 1 is 0.900 bits per heavy atom. The van der Waals surface area contributed by atoms with Crippen LogP contribution in [0.15, 0.2) is 54.6 Å². The average Bonchev–Trinajstić information content (AvgIpc) is 2.52. The first-order chi connectivity index (χ1) is 9.79. The van der Waals surface area contributed by atoms with E-state index in [-0.39, 0.29) is 6.04 Å². The lowest BCUT2D eigenvalue weighted by Gasteiger charge is -2.13. The van der Waals surface area contributed by atoms with Gasteiger partial charge in [0.2, 0.25) is 0 Å². The minimum atomic E-state index is 0.103. The van der Waals surface area contributed by atoms with Gasteiger partial charge in [-0.1, -0.05) is 54.6 Å². The Hall–Kier alpha value is -1.64. The van der Waals surface area contributed by atoms with E-state index in [1.54, 1.807) is 7.11 Å². The molecule has 2 aromatic carbocycles. The number of rotatable bonds is 7. The monoisotopic (exact) mass is 269 g/mol. The molecule has 1 unspecified atom stereocenters. The van der Waals surface area contributed by atoms with Crippen molar-refractivity contribution in [1.82, 2.24) is 0 Å². The summed E-state index contributed by atoms with van der Waals surface area (Å²) in [5, 5.41) is 0. The normalized spacial score (nSPS) is 12.3. The van der Waals surface area contributed by atoms with E-state index in [0.29, 0.717) is 0 Å². The molecule has 0 fully saturated rings. The second-order valence-electron chi connectivity index (χ2n) is 5.12. The van der Waals surface area contributed by atoms with Crippen molar-refractivity contribution in [3.8, 4) is 0 Å². The first-order valence-corrected chi connectivity index (χ1v) is 7.17. The lowest BCUT2D eigenvalue weighted by Crippen LogP contribution is -2.11. The van der Waals surface area contributed by atoms with E-state index in [1.165, 1.54) is 16.7 Å². The third kappa shape index (κ3) is 4.48. The molecule has 0 aromatic heterocycles. The van der Waals surface area contributed by atoms with Gasteiger partial charge in [0.25, 0.3) is 0 Å². The Labute approximate surface area is 121 Å². The van der Waals surface area contributed by atoms with E-state index < -0.39 is 0 Å². The van der Waals surface area contributed by atoms with Crippen LogP contribution in [-0.2, 0) is 17.6 Å². The molecule has 0 saturated carbocycles. The molecule has 2 N–H and O–H groups in total. The van der Waals surface area contributed by atoms with Crippen molar-refractivity contribution in [2.45, 2.75) is 25.3 Å². The van der Waals surface area contributed by atoms with E-state index >= 15 is 0 Å². The first-order valence-electron chi connectivity index (χ1n) is 7.17. The number of nitrogens with two attached hydrogens (primary N) is 1. The van der Waals surface area contributed by atoms with Gasteiger partial charge in [0.15, 0.2) is 0 Å². The van der Waals surface area contributed by atoms with E-state index in [9.17, 15) is 0 Å². The second kappa shape index (κ2) is 7.83. The Morgan fingerprint density at radius 3 is 2.20 bits per heavy atom. The topological polar surface area (TPSA) is 35.2 Å². The number of hydrogen-bond donors (Lipinski definition) is 1. The van der Waals surface area contributed by atoms with Crippen molar-refractivity contribution in [3.05, 3.63) is 71.3 Å². The van der Waals surface area contributed by atoms with Gasteiger partial charge in [-0.3, -0.25) is 0 Å². The number of ether oxygens (including phenoxy) is 1. The van der Waals surface area contributed by atoms with Gasteiger partial charge < -0.3 is 10.5 Å². The molecule has 106 valence electrons. The van der Waals surface area contributed by atoms with Gasteiger partial charge in [0.05, 0.1) is 6.61 Å². The molecule has 0 aliphatic rings. The summed E-state index contributed by atoms with van der Waals surface area (Å²) in [6.07, 6.45) is 2.95. The van der Waals surface area contributed by atoms with Gasteiger partial charge in [0.1, 0.15) is 0 Å². The van der Waals surface area contributed by atoms with Crippen molar-refractivity contribution >= 4 is 0 Å². The summed E-state index contributed by atoms with van der Waals surface area (Å²) < 4.78 is 5.09. The highest BCUT2D eigenvalue weighted by Gasteiger charge is 2.06. The minimum Gasteiger partial charge on any atom is -0.384 e. The van der Waals surface area contributed by atoms with Crippen LogP contribution in [0.5, 0.6) is 0 Å². The Bertz CT molecular complexity index is 493. The highest BCUT2D eigenvalue weighted by atomic mass is 16.5. The van der Waals surface area contributed by atoms with E-state index in [1.807, 2.05) is 6.07 Å². The van der Waals surface area contributed by atoms with Crippen LogP contribution in [0, 0.1) is 0 Å². The zero-order valence-electron chi connectivity index (χ0n) is 12.1. The second-order valence-corrected chi connectivity index (χ2v) is 5.12.